The van der Waals surface area contributed by atoms with Crippen molar-refractivity contribution in [2.24, 2.45) is 5.34 Å². The second-order valence-corrected chi connectivity index (χ2v) is 1.63. The fourth-order valence-electron chi connectivity index (χ4n) is 0.578. The van der Waals surface area contributed by atoms with Crippen LogP contribution in [0.2, 0.25) is 0 Å². The van der Waals surface area contributed by atoms with E-state index in [1.165, 1.54) is 0 Å². The zero-order valence-electron chi connectivity index (χ0n) is 5.15. The standard InChI is InChI=1S/C6H6N2O2/c9-8-10-7-6-4-2-1-3-5-6/h1-5,7H. The van der Waals surface area contributed by atoms with E-state index in [1.807, 2.05) is 18.2 Å². The maximum atomic E-state index is 9.44. The highest BCUT2D eigenvalue weighted by Crippen LogP contribution is 2.03. The van der Waals surface area contributed by atoms with Crippen molar-refractivity contribution < 1.29 is 4.94 Å². The molecule has 0 aromatic heterocycles. The second-order valence-electron chi connectivity index (χ2n) is 1.63. The lowest BCUT2D eigenvalue weighted by molar-refractivity contribution is 0.203. The van der Waals surface area contributed by atoms with Gasteiger partial charge in [-0.1, -0.05) is 18.2 Å². The van der Waals surface area contributed by atoms with E-state index in [-0.39, 0.29) is 0 Å². The Hall–Kier alpha value is -1.58. The van der Waals surface area contributed by atoms with Crippen LogP contribution in [0.15, 0.2) is 35.7 Å². The normalized spacial score (nSPS) is 8.40. The minimum atomic E-state index is 0.696. The van der Waals surface area contributed by atoms with Gasteiger partial charge in [0.15, 0.2) is 5.34 Å². The second kappa shape index (κ2) is 3.45. The van der Waals surface area contributed by atoms with Crippen LogP contribution >= 0.6 is 0 Å². The summed E-state index contributed by atoms with van der Waals surface area (Å²) >= 11 is 0. The highest BCUT2D eigenvalue weighted by Gasteiger charge is 1.85. The van der Waals surface area contributed by atoms with Gasteiger partial charge in [-0.3, -0.25) is 0 Å². The van der Waals surface area contributed by atoms with E-state index in [1.54, 1.807) is 12.1 Å². The summed E-state index contributed by atoms with van der Waals surface area (Å²) in [5.41, 5.74) is 3.01. The van der Waals surface area contributed by atoms with Crippen molar-refractivity contribution in [3.05, 3.63) is 35.2 Å². The third kappa shape index (κ3) is 1.74. The maximum absolute atomic E-state index is 9.44. The molecule has 0 amide bonds. The average molecular weight is 138 g/mol. The first-order chi connectivity index (χ1) is 4.93. The van der Waals surface area contributed by atoms with Crippen molar-refractivity contribution in [2.45, 2.75) is 0 Å². The molecule has 0 aliphatic heterocycles. The van der Waals surface area contributed by atoms with Crippen LogP contribution in [0.3, 0.4) is 0 Å². The number of nitrogens with zero attached hydrogens (tertiary/aromatic N) is 1. The number of anilines is 1. The van der Waals surface area contributed by atoms with Gasteiger partial charge in [0.05, 0.1) is 5.69 Å². The number of hydrogen-bond acceptors (Lipinski definition) is 4. The van der Waals surface area contributed by atoms with E-state index in [2.05, 4.69) is 15.8 Å². The Bertz CT molecular complexity index is 200. The van der Waals surface area contributed by atoms with E-state index >= 15 is 0 Å². The van der Waals surface area contributed by atoms with Gasteiger partial charge < -0.3 is 0 Å². The van der Waals surface area contributed by atoms with Gasteiger partial charge in [0, 0.05) is 0 Å². The summed E-state index contributed by atoms with van der Waals surface area (Å²) in [6, 6.07) is 9.00. The Labute approximate surface area is 57.7 Å². The number of benzene rings is 1. The highest BCUT2D eigenvalue weighted by molar-refractivity contribution is 5.39. The molecule has 4 nitrogen and oxygen atoms in total. The van der Waals surface area contributed by atoms with Crippen molar-refractivity contribution in [2.75, 3.05) is 5.48 Å². The molecule has 0 radical (unpaired) electrons. The van der Waals surface area contributed by atoms with Crippen molar-refractivity contribution in [1.82, 2.24) is 0 Å². The van der Waals surface area contributed by atoms with Crippen LogP contribution in [0.5, 0.6) is 0 Å². The monoisotopic (exact) mass is 138 g/mol. The van der Waals surface area contributed by atoms with E-state index in [0.29, 0.717) is 5.69 Å². The molecule has 0 unspecified atom stereocenters. The molecule has 0 bridgehead atoms. The first-order valence-corrected chi connectivity index (χ1v) is 2.73. The molecule has 0 saturated carbocycles. The number of rotatable bonds is 3. The molecule has 0 saturated heterocycles. The molecule has 52 valence electrons. The molecule has 1 N–H and O–H groups in total. The summed E-state index contributed by atoms with van der Waals surface area (Å²) in [5.74, 6) is 0. The molecule has 0 aliphatic rings. The molecule has 0 atom stereocenters. The molecule has 10 heavy (non-hydrogen) atoms. The Morgan fingerprint density at radius 1 is 1.30 bits per heavy atom. The van der Waals surface area contributed by atoms with Crippen LogP contribution in [0.4, 0.5) is 5.69 Å². The van der Waals surface area contributed by atoms with E-state index < -0.39 is 0 Å². The quantitative estimate of drug-likeness (QED) is 0.511. The van der Waals surface area contributed by atoms with Gasteiger partial charge in [-0.2, -0.15) is 5.48 Å². The van der Waals surface area contributed by atoms with E-state index in [4.69, 9.17) is 0 Å². The van der Waals surface area contributed by atoms with E-state index in [9.17, 15) is 4.91 Å². The summed E-state index contributed by atoms with van der Waals surface area (Å²) in [6.45, 7) is 0. The molecule has 1 rings (SSSR count). The minimum absolute atomic E-state index is 0.696. The minimum Gasteiger partial charge on any atom is -0.232 e. The van der Waals surface area contributed by atoms with Gasteiger partial charge in [0.25, 0.3) is 0 Å². The van der Waals surface area contributed by atoms with Crippen LogP contribution in [0.1, 0.15) is 0 Å². The van der Waals surface area contributed by atoms with Crippen LogP contribution in [-0.4, -0.2) is 0 Å². The zero-order valence-corrected chi connectivity index (χ0v) is 5.15. The number of hydrogen-bond donors (Lipinski definition) is 1. The molecule has 0 fully saturated rings. The van der Waals surface area contributed by atoms with Gasteiger partial charge in [0.1, 0.15) is 0 Å². The summed E-state index contributed by atoms with van der Waals surface area (Å²) in [5, 5.41) is 2.17. The third-order valence-electron chi connectivity index (χ3n) is 0.975. The molecule has 1 aromatic rings. The SMILES string of the molecule is O=NONc1ccccc1. The van der Waals surface area contributed by atoms with Crippen molar-refractivity contribution in [1.29, 1.82) is 0 Å². The number of nitrogens with one attached hydrogen (secondary N) is 1. The predicted octanol–water partition coefficient (Wildman–Crippen LogP) is 1.71. The molecule has 4 heteroatoms. The summed E-state index contributed by atoms with van der Waals surface area (Å²) in [6.07, 6.45) is 0. The maximum Gasteiger partial charge on any atom is 0.182 e. The smallest absolute Gasteiger partial charge is 0.182 e. The molecule has 0 spiro atoms. The van der Waals surface area contributed by atoms with Gasteiger partial charge in [0.2, 0.25) is 0 Å². The fraction of sp³-hybridized carbons (Fsp3) is 0. The van der Waals surface area contributed by atoms with Gasteiger partial charge in [-0.15, -0.1) is 4.91 Å². The third-order valence-corrected chi connectivity index (χ3v) is 0.975. The van der Waals surface area contributed by atoms with Crippen molar-refractivity contribution in [3.8, 4) is 0 Å². The van der Waals surface area contributed by atoms with Gasteiger partial charge in [-0.05, 0) is 12.1 Å². The summed E-state index contributed by atoms with van der Waals surface area (Å²) in [4.78, 5) is 13.5. The molecule has 0 aliphatic carbocycles. The Balaban J connectivity index is 2.50. The van der Waals surface area contributed by atoms with Crippen molar-refractivity contribution in [3.63, 3.8) is 0 Å². The molecule has 1 aromatic carbocycles. The lowest BCUT2D eigenvalue weighted by atomic mass is 10.3. The topological polar surface area (TPSA) is 50.7 Å². The summed E-state index contributed by atoms with van der Waals surface area (Å²) in [7, 11) is 0. The average Bonchev–Trinajstić information content (AvgIpc) is 2.03. The highest BCUT2D eigenvalue weighted by atomic mass is 16.8. The van der Waals surface area contributed by atoms with Gasteiger partial charge >= 0.3 is 0 Å². The van der Waals surface area contributed by atoms with Crippen LogP contribution in [0.25, 0.3) is 0 Å². The molecular formula is C6H6N2O2. The molecular weight excluding hydrogens is 132 g/mol. The number of para-hydroxylation sites is 1. The van der Waals surface area contributed by atoms with Crippen LogP contribution < -0.4 is 5.48 Å². The fourth-order valence-corrected chi connectivity index (χ4v) is 0.578. The first kappa shape index (κ1) is 6.54. The largest absolute Gasteiger partial charge is 0.232 e. The van der Waals surface area contributed by atoms with Gasteiger partial charge in [-0.25, -0.2) is 4.94 Å². The molecule has 0 heterocycles. The summed E-state index contributed by atoms with van der Waals surface area (Å²) < 4.78 is 0. The lowest BCUT2D eigenvalue weighted by Gasteiger charge is -1.96. The predicted molar refractivity (Wildman–Crippen MR) is 36.9 cm³/mol. The Kier molecular flexibility index (Phi) is 2.25. The lowest BCUT2D eigenvalue weighted by Crippen LogP contribution is -1.92. The van der Waals surface area contributed by atoms with E-state index in [0.717, 1.165) is 0 Å². The Morgan fingerprint density at radius 2 is 2.00 bits per heavy atom. The Morgan fingerprint density at radius 3 is 2.60 bits per heavy atom. The van der Waals surface area contributed by atoms with Crippen molar-refractivity contribution >= 4 is 5.69 Å². The first-order valence-electron chi connectivity index (χ1n) is 2.73. The van der Waals surface area contributed by atoms with Crippen LogP contribution in [0, 0.1) is 4.91 Å². The zero-order chi connectivity index (χ0) is 7.23. The van der Waals surface area contributed by atoms with Crippen LogP contribution in [-0.2, 0) is 4.94 Å².